The van der Waals surface area contributed by atoms with Crippen LogP contribution in [0.4, 0.5) is 0 Å². The highest BCUT2D eigenvalue weighted by Gasteiger charge is 2.64. The number of carbonyl (C=O) groups is 1. The summed E-state index contributed by atoms with van der Waals surface area (Å²) in [5.41, 5.74) is 0.408. The van der Waals surface area contributed by atoms with E-state index in [1.165, 1.54) is 0 Å². The van der Waals surface area contributed by atoms with E-state index in [1.807, 2.05) is 6.07 Å². The van der Waals surface area contributed by atoms with Crippen LogP contribution in [0.3, 0.4) is 0 Å². The fourth-order valence-electron chi connectivity index (χ4n) is 5.05. The van der Waals surface area contributed by atoms with E-state index in [1.54, 1.807) is 12.1 Å². The molecule has 2 unspecified atom stereocenters. The average Bonchev–Trinajstić information content (AvgIpc) is 2.46. The minimum Gasteiger partial charge on any atom is -0.504 e. The van der Waals surface area contributed by atoms with Gasteiger partial charge in [-0.1, -0.05) is 26.8 Å². The van der Waals surface area contributed by atoms with Crippen LogP contribution in [0, 0.1) is 16.7 Å². The highest BCUT2D eigenvalue weighted by molar-refractivity contribution is 5.93. The quantitative estimate of drug-likeness (QED) is 0.817. The van der Waals surface area contributed by atoms with Gasteiger partial charge in [0.2, 0.25) is 0 Å². The van der Waals surface area contributed by atoms with Crippen molar-refractivity contribution in [1.82, 2.24) is 9.80 Å². The summed E-state index contributed by atoms with van der Waals surface area (Å²) in [6.45, 7) is 9.49. The lowest BCUT2D eigenvalue weighted by Gasteiger charge is -2.66. The molecule has 5 nitrogen and oxygen atoms in total. The molecule has 4 aliphatic rings. The van der Waals surface area contributed by atoms with Gasteiger partial charge in [0.15, 0.2) is 11.5 Å². The maximum Gasteiger partial charge on any atom is 0.157 e. The number of benzene rings is 1. The van der Waals surface area contributed by atoms with Crippen molar-refractivity contribution in [3.05, 3.63) is 23.8 Å². The van der Waals surface area contributed by atoms with Gasteiger partial charge in [-0.05, 0) is 23.6 Å². The van der Waals surface area contributed by atoms with E-state index in [-0.39, 0.29) is 28.5 Å². The fourth-order valence-corrected chi connectivity index (χ4v) is 5.05. The molecule has 1 aromatic rings. The molecule has 0 saturated carbocycles. The van der Waals surface area contributed by atoms with E-state index in [2.05, 4.69) is 30.6 Å². The van der Waals surface area contributed by atoms with Crippen molar-refractivity contribution in [2.75, 3.05) is 26.2 Å². The highest BCUT2D eigenvalue weighted by atomic mass is 16.3. The van der Waals surface area contributed by atoms with Crippen molar-refractivity contribution < 1.29 is 15.0 Å². The molecule has 124 valence electrons. The Morgan fingerprint density at radius 1 is 1.09 bits per heavy atom. The molecule has 4 bridgehead atoms. The van der Waals surface area contributed by atoms with E-state index in [9.17, 15) is 15.0 Å². The molecule has 0 amide bonds. The summed E-state index contributed by atoms with van der Waals surface area (Å²) >= 11 is 0. The molecule has 23 heavy (non-hydrogen) atoms. The molecule has 4 fully saturated rings. The third-order valence-electron chi connectivity index (χ3n) is 6.17. The number of piperidine rings is 2. The van der Waals surface area contributed by atoms with Gasteiger partial charge in [-0.2, -0.15) is 0 Å². The Kier molecular flexibility index (Phi) is 2.92. The monoisotopic (exact) mass is 316 g/mol. The van der Waals surface area contributed by atoms with Gasteiger partial charge < -0.3 is 10.2 Å². The third-order valence-corrected chi connectivity index (χ3v) is 6.17. The second kappa shape index (κ2) is 4.48. The summed E-state index contributed by atoms with van der Waals surface area (Å²) in [6, 6.07) is 5.06. The van der Waals surface area contributed by atoms with E-state index in [0.717, 1.165) is 31.7 Å². The Morgan fingerprint density at radius 2 is 1.70 bits per heavy atom. The minimum absolute atomic E-state index is 0.0783. The molecule has 5 rings (SSSR count). The van der Waals surface area contributed by atoms with Crippen LogP contribution >= 0.6 is 0 Å². The largest absolute Gasteiger partial charge is 0.504 e. The molecule has 2 N–H and O–H groups in total. The number of carbonyl (C=O) groups excluding carboxylic acids is 1. The summed E-state index contributed by atoms with van der Waals surface area (Å²) in [4.78, 5) is 17.8. The number of phenolic OH excluding ortho intramolecular Hbond substituents is 2. The number of nitrogens with zero attached hydrogens (tertiary/aromatic N) is 2. The predicted octanol–water partition coefficient (Wildman–Crippen LogP) is 1.96. The van der Waals surface area contributed by atoms with Crippen molar-refractivity contribution in [1.29, 1.82) is 0 Å². The van der Waals surface area contributed by atoms with Gasteiger partial charge >= 0.3 is 0 Å². The van der Waals surface area contributed by atoms with E-state index in [4.69, 9.17) is 0 Å². The maximum absolute atomic E-state index is 13.1. The summed E-state index contributed by atoms with van der Waals surface area (Å²) in [6.07, 6.45) is 0.0783. The molecular formula is C18H24N2O3. The van der Waals surface area contributed by atoms with Crippen LogP contribution in [0.25, 0.3) is 0 Å². The van der Waals surface area contributed by atoms with Crippen LogP contribution in [0.1, 0.15) is 32.5 Å². The first-order chi connectivity index (χ1) is 10.8. The highest BCUT2D eigenvalue weighted by Crippen LogP contribution is 2.55. The number of hydrogen-bond donors (Lipinski definition) is 2. The molecule has 4 heterocycles. The maximum atomic E-state index is 13.1. The lowest BCUT2D eigenvalue weighted by Crippen LogP contribution is -2.77. The zero-order chi connectivity index (χ0) is 16.6. The number of Topliss-reactive ketones (excluding diaryl/α,β-unsaturated/α-hetero) is 1. The van der Waals surface area contributed by atoms with Crippen LogP contribution in [-0.2, 0) is 4.79 Å². The van der Waals surface area contributed by atoms with E-state index < -0.39 is 0 Å². The number of ketones is 1. The summed E-state index contributed by atoms with van der Waals surface area (Å²) < 4.78 is 0. The first-order valence-electron chi connectivity index (χ1n) is 8.32. The van der Waals surface area contributed by atoms with Gasteiger partial charge in [0.05, 0.1) is 17.0 Å². The van der Waals surface area contributed by atoms with E-state index >= 15 is 0 Å². The molecule has 1 aromatic carbocycles. The number of phenols is 2. The number of rotatable bonds is 2. The van der Waals surface area contributed by atoms with Crippen LogP contribution in [-0.4, -0.2) is 52.0 Å². The van der Waals surface area contributed by atoms with Gasteiger partial charge in [0.25, 0.3) is 0 Å². The zero-order valence-electron chi connectivity index (χ0n) is 13.9. The Hall–Kier alpha value is -1.59. The molecule has 5 heteroatoms. The Bertz CT molecular complexity index is 669. The van der Waals surface area contributed by atoms with Crippen molar-refractivity contribution in [3.8, 4) is 11.5 Å². The van der Waals surface area contributed by atoms with Crippen molar-refractivity contribution in [2.24, 2.45) is 16.7 Å². The lowest BCUT2D eigenvalue weighted by atomic mass is 9.57. The summed E-state index contributed by atoms with van der Waals surface area (Å²) in [7, 11) is 0. The van der Waals surface area contributed by atoms with Gasteiger partial charge in [0, 0.05) is 26.2 Å². The Labute approximate surface area is 136 Å². The molecule has 2 atom stereocenters. The molecular weight excluding hydrogens is 292 g/mol. The average molecular weight is 316 g/mol. The predicted molar refractivity (Wildman–Crippen MR) is 86.0 cm³/mol. The molecule has 4 saturated heterocycles. The van der Waals surface area contributed by atoms with Gasteiger partial charge in [-0.3, -0.25) is 14.6 Å². The smallest absolute Gasteiger partial charge is 0.157 e. The minimum atomic E-state index is -0.295. The van der Waals surface area contributed by atoms with Crippen LogP contribution in [0.2, 0.25) is 0 Å². The standard InChI is InChI=1S/C18H24N2O3/c1-11(2)18-9-19-7-17(3,16(18)23)8-20(10-18)15(19)12-4-5-13(21)14(22)6-12/h4-6,11,15,21-22H,7-10H2,1-3H3. The Balaban J connectivity index is 1.76. The van der Waals surface area contributed by atoms with Crippen LogP contribution in [0.5, 0.6) is 11.5 Å². The molecule has 0 aromatic heterocycles. The van der Waals surface area contributed by atoms with Crippen LogP contribution < -0.4 is 0 Å². The molecule has 0 aliphatic carbocycles. The van der Waals surface area contributed by atoms with E-state index in [0.29, 0.717) is 11.7 Å². The second-order valence-corrected chi connectivity index (χ2v) is 8.13. The van der Waals surface area contributed by atoms with Crippen molar-refractivity contribution in [2.45, 2.75) is 26.9 Å². The normalized spacial score (nSPS) is 41.7. The lowest BCUT2D eigenvalue weighted by molar-refractivity contribution is -0.207. The number of hydrogen-bond acceptors (Lipinski definition) is 5. The van der Waals surface area contributed by atoms with Crippen LogP contribution in [0.15, 0.2) is 18.2 Å². The number of aromatic hydroxyl groups is 2. The first-order valence-corrected chi connectivity index (χ1v) is 8.32. The summed E-state index contributed by atoms with van der Waals surface area (Å²) in [5, 5.41) is 19.4. The first kappa shape index (κ1) is 15.0. The SMILES string of the molecule is CC(C)C12CN3CC(C)(CN(C1)C3c1ccc(O)c(O)c1)C2=O. The molecule has 0 spiro atoms. The third kappa shape index (κ3) is 1.83. The molecule has 0 radical (unpaired) electrons. The zero-order valence-corrected chi connectivity index (χ0v) is 13.9. The van der Waals surface area contributed by atoms with Crippen molar-refractivity contribution in [3.63, 3.8) is 0 Å². The summed E-state index contributed by atoms with van der Waals surface area (Å²) in [5.74, 6) is 0.566. The van der Waals surface area contributed by atoms with Crippen molar-refractivity contribution >= 4 is 5.78 Å². The Morgan fingerprint density at radius 3 is 2.22 bits per heavy atom. The topological polar surface area (TPSA) is 64.0 Å². The van der Waals surface area contributed by atoms with Gasteiger partial charge in [0.1, 0.15) is 5.78 Å². The molecule has 4 aliphatic heterocycles. The van der Waals surface area contributed by atoms with Gasteiger partial charge in [-0.15, -0.1) is 0 Å². The fraction of sp³-hybridized carbons (Fsp3) is 0.611. The second-order valence-electron chi connectivity index (χ2n) is 8.13. The van der Waals surface area contributed by atoms with Gasteiger partial charge in [-0.25, -0.2) is 0 Å².